The van der Waals surface area contributed by atoms with Crippen molar-refractivity contribution in [1.82, 2.24) is 10.2 Å². The summed E-state index contributed by atoms with van der Waals surface area (Å²) >= 11 is 2.08. The molecule has 3 heteroatoms. The molecule has 1 aliphatic rings. The molecule has 1 aromatic rings. The number of hydrogen-bond acceptors (Lipinski definition) is 3. The van der Waals surface area contributed by atoms with Crippen LogP contribution in [0, 0.1) is 0 Å². The molecule has 1 N–H and O–H groups in total. The van der Waals surface area contributed by atoms with Crippen molar-refractivity contribution in [1.29, 1.82) is 0 Å². The van der Waals surface area contributed by atoms with Gasteiger partial charge in [-0.05, 0) is 31.0 Å². The Hall–Kier alpha value is -0.510. The van der Waals surface area contributed by atoms with E-state index in [9.17, 15) is 0 Å². The number of benzene rings is 1. The Morgan fingerprint density at radius 1 is 1.25 bits per heavy atom. The maximum absolute atomic E-state index is 3.47. The number of rotatable bonds is 6. The number of thioether (sulfide) groups is 1. The maximum Gasteiger partial charge on any atom is 0.0237 e. The van der Waals surface area contributed by atoms with E-state index in [4.69, 9.17) is 0 Å². The first-order chi connectivity index (χ1) is 9.65. The van der Waals surface area contributed by atoms with E-state index in [-0.39, 0.29) is 0 Å². The van der Waals surface area contributed by atoms with Crippen LogP contribution in [-0.4, -0.2) is 41.6 Å². The Balaban J connectivity index is 1.81. The van der Waals surface area contributed by atoms with Crippen molar-refractivity contribution in [2.24, 2.45) is 0 Å². The second-order valence-corrected chi connectivity index (χ2v) is 7.22. The van der Waals surface area contributed by atoms with Gasteiger partial charge in [0.25, 0.3) is 0 Å². The highest BCUT2D eigenvalue weighted by Crippen LogP contribution is 2.18. The predicted octanol–water partition coefficient (Wildman–Crippen LogP) is 3.16. The van der Waals surface area contributed by atoms with Crippen LogP contribution in [0.1, 0.15) is 31.9 Å². The second-order valence-electron chi connectivity index (χ2n) is 6.07. The van der Waals surface area contributed by atoms with Gasteiger partial charge in [0.15, 0.2) is 0 Å². The van der Waals surface area contributed by atoms with Crippen LogP contribution in [0.5, 0.6) is 0 Å². The molecular formula is C17H28N2S. The monoisotopic (exact) mass is 292 g/mol. The maximum atomic E-state index is 3.47. The van der Waals surface area contributed by atoms with Crippen LogP contribution in [0.4, 0.5) is 0 Å². The summed E-state index contributed by atoms with van der Waals surface area (Å²) in [6.45, 7) is 10.1. The largest absolute Gasteiger partial charge is 0.314 e. The third-order valence-electron chi connectivity index (χ3n) is 3.88. The van der Waals surface area contributed by atoms with E-state index in [0.29, 0.717) is 12.1 Å². The topological polar surface area (TPSA) is 15.3 Å². The second kappa shape index (κ2) is 8.06. The van der Waals surface area contributed by atoms with E-state index in [1.54, 1.807) is 0 Å². The summed E-state index contributed by atoms with van der Waals surface area (Å²) in [7, 11) is 0. The van der Waals surface area contributed by atoms with Gasteiger partial charge in [0.2, 0.25) is 0 Å². The molecule has 1 aliphatic heterocycles. The quantitative estimate of drug-likeness (QED) is 0.867. The number of nitrogens with zero attached hydrogens (tertiary/aromatic N) is 1. The molecule has 1 aromatic carbocycles. The van der Waals surface area contributed by atoms with Gasteiger partial charge in [0, 0.05) is 36.7 Å². The van der Waals surface area contributed by atoms with Crippen molar-refractivity contribution in [3.63, 3.8) is 0 Å². The normalized spacial score (nSPS) is 20.5. The van der Waals surface area contributed by atoms with Crippen LogP contribution >= 0.6 is 11.8 Å². The fraction of sp³-hybridized carbons (Fsp3) is 0.647. The molecule has 0 spiro atoms. The Bertz CT molecular complexity index is 388. The van der Waals surface area contributed by atoms with Crippen molar-refractivity contribution >= 4 is 11.8 Å². The molecule has 1 fully saturated rings. The van der Waals surface area contributed by atoms with Gasteiger partial charge in [0.05, 0.1) is 0 Å². The molecular weight excluding hydrogens is 264 g/mol. The van der Waals surface area contributed by atoms with Gasteiger partial charge in [-0.1, -0.05) is 38.1 Å². The molecule has 0 radical (unpaired) electrons. The Morgan fingerprint density at radius 2 is 1.95 bits per heavy atom. The molecule has 0 saturated carbocycles. The summed E-state index contributed by atoms with van der Waals surface area (Å²) in [6.07, 6.45) is 1.12. The SMILES string of the molecule is CC(C)NCCc1ccc(CN2CCSCC2C)cc1. The fourth-order valence-corrected chi connectivity index (χ4v) is 3.63. The number of nitrogens with one attached hydrogen (secondary N) is 1. The standard InChI is InChI=1S/C17H28N2S/c1-14(2)18-9-8-16-4-6-17(7-5-16)12-19-10-11-20-13-15(19)3/h4-7,14-15,18H,8-13H2,1-3H3. The molecule has 0 bridgehead atoms. The summed E-state index contributed by atoms with van der Waals surface area (Å²) in [4.78, 5) is 2.60. The third-order valence-corrected chi connectivity index (χ3v) is 5.07. The fourth-order valence-electron chi connectivity index (χ4n) is 2.55. The molecule has 112 valence electrons. The molecule has 1 saturated heterocycles. The Morgan fingerprint density at radius 3 is 2.60 bits per heavy atom. The molecule has 0 amide bonds. The summed E-state index contributed by atoms with van der Waals surface area (Å²) in [5, 5.41) is 3.47. The summed E-state index contributed by atoms with van der Waals surface area (Å²) < 4.78 is 0. The van der Waals surface area contributed by atoms with E-state index >= 15 is 0 Å². The lowest BCUT2D eigenvalue weighted by Crippen LogP contribution is -2.39. The lowest BCUT2D eigenvalue weighted by Gasteiger charge is -2.33. The van der Waals surface area contributed by atoms with E-state index in [0.717, 1.165) is 19.5 Å². The van der Waals surface area contributed by atoms with E-state index in [1.165, 1.54) is 29.2 Å². The van der Waals surface area contributed by atoms with Crippen LogP contribution in [0.15, 0.2) is 24.3 Å². The van der Waals surface area contributed by atoms with E-state index in [1.807, 2.05) is 0 Å². The van der Waals surface area contributed by atoms with Gasteiger partial charge >= 0.3 is 0 Å². The zero-order valence-electron chi connectivity index (χ0n) is 13.1. The molecule has 2 nitrogen and oxygen atoms in total. The van der Waals surface area contributed by atoms with Crippen molar-refractivity contribution in [2.75, 3.05) is 24.6 Å². The van der Waals surface area contributed by atoms with Gasteiger partial charge in [-0.3, -0.25) is 4.90 Å². The van der Waals surface area contributed by atoms with Crippen LogP contribution in [-0.2, 0) is 13.0 Å². The molecule has 20 heavy (non-hydrogen) atoms. The summed E-state index contributed by atoms with van der Waals surface area (Å²) in [5.41, 5.74) is 2.88. The smallest absolute Gasteiger partial charge is 0.0237 e. The van der Waals surface area contributed by atoms with E-state index < -0.39 is 0 Å². The Kier molecular flexibility index (Phi) is 6.40. The average molecular weight is 292 g/mol. The zero-order chi connectivity index (χ0) is 14.4. The summed E-state index contributed by atoms with van der Waals surface area (Å²) in [5.74, 6) is 2.56. The highest BCUT2D eigenvalue weighted by molar-refractivity contribution is 7.99. The predicted molar refractivity (Wildman–Crippen MR) is 90.5 cm³/mol. The average Bonchev–Trinajstić information content (AvgIpc) is 2.43. The first-order valence-electron chi connectivity index (χ1n) is 7.78. The van der Waals surface area contributed by atoms with E-state index in [2.05, 4.69) is 67.0 Å². The Labute approximate surface area is 128 Å². The van der Waals surface area contributed by atoms with Crippen molar-refractivity contribution < 1.29 is 0 Å². The van der Waals surface area contributed by atoms with Gasteiger partial charge < -0.3 is 5.32 Å². The minimum atomic E-state index is 0.577. The van der Waals surface area contributed by atoms with Crippen molar-refractivity contribution in [3.05, 3.63) is 35.4 Å². The van der Waals surface area contributed by atoms with Crippen LogP contribution in [0.3, 0.4) is 0 Å². The highest BCUT2D eigenvalue weighted by Gasteiger charge is 2.18. The first-order valence-corrected chi connectivity index (χ1v) is 8.93. The summed E-state index contributed by atoms with van der Waals surface area (Å²) in [6, 6.07) is 10.5. The van der Waals surface area contributed by atoms with Crippen molar-refractivity contribution in [3.8, 4) is 0 Å². The molecule has 0 aromatic heterocycles. The van der Waals surface area contributed by atoms with Crippen molar-refractivity contribution in [2.45, 2.75) is 45.8 Å². The zero-order valence-corrected chi connectivity index (χ0v) is 13.9. The lowest BCUT2D eigenvalue weighted by molar-refractivity contribution is 0.224. The van der Waals surface area contributed by atoms with Gasteiger partial charge in [-0.25, -0.2) is 0 Å². The lowest BCUT2D eigenvalue weighted by atomic mass is 10.1. The minimum absolute atomic E-state index is 0.577. The van der Waals surface area contributed by atoms with Crippen LogP contribution < -0.4 is 5.32 Å². The van der Waals surface area contributed by atoms with Gasteiger partial charge in [0.1, 0.15) is 0 Å². The van der Waals surface area contributed by atoms with Crippen LogP contribution in [0.25, 0.3) is 0 Å². The third kappa shape index (κ3) is 5.12. The van der Waals surface area contributed by atoms with Gasteiger partial charge in [-0.2, -0.15) is 11.8 Å². The molecule has 2 rings (SSSR count). The first kappa shape index (κ1) is 15.9. The molecule has 1 heterocycles. The highest BCUT2D eigenvalue weighted by atomic mass is 32.2. The van der Waals surface area contributed by atoms with Crippen LogP contribution in [0.2, 0.25) is 0 Å². The van der Waals surface area contributed by atoms with Gasteiger partial charge in [-0.15, -0.1) is 0 Å². The number of hydrogen-bond donors (Lipinski definition) is 1. The molecule has 0 aliphatic carbocycles. The minimum Gasteiger partial charge on any atom is -0.314 e. The molecule has 1 atom stereocenters. The molecule has 1 unspecified atom stereocenters.